The van der Waals surface area contributed by atoms with Crippen molar-refractivity contribution >= 4 is 5.82 Å². The molecule has 2 aliphatic rings. The van der Waals surface area contributed by atoms with Crippen LogP contribution < -0.4 is 4.90 Å². The minimum atomic E-state index is 0.325. The third kappa shape index (κ3) is 1.83. The minimum absolute atomic E-state index is 0.325. The van der Waals surface area contributed by atoms with Crippen LogP contribution >= 0.6 is 0 Å². The van der Waals surface area contributed by atoms with Gasteiger partial charge in [0.05, 0.1) is 23.5 Å². The molecule has 2 fully saturated rings. The summed E-state index contributed by atoms with van der Waals surface area (Å²) in [6.07, 6.45) is 9.42. The molecule has 6 nitrogen and oxygen atoms in total. The predicted octanol–water partition coefficient (Wildman–Crippen LogP) is 1.48. The molecule has 1 aliphatic heterocycles. The van der Waals surface area contributed by atoms with Crippen LogP contribution in [0, 0.1) is 11.3 Å². The molecule has 0 spiro atoms. The fraction of sp³-hybridized carbons (Fsp3) is 0.429. The van der Waals surface area contributed by atoms with E-state index in [9.17, 15) is 0 Å². The van der Waals surface area contributed by atoms with Crippen LogP contribution in [0.3, 0.4) is 0 Å². The van der Waals surface area contributed by atoms with Crippen molar-refractivity contribution in [2.75, 3.05) is 18.0 Å². The minimum Gasteiger partial charge on any atom is -0.351 e. The topological polar surface area (TPSA) is 70.6 Å². The first-order chi connectivity index (χ1) is 9.85. The Kier molecular flexibility index (Phi) is 2.46. The number of nitriles is 1. The van der Waals surface area contributed by atoms with E-state index in [1.165, 1.54) is 12.8 Å². The van der Waals surface area contributed by atoms with Gasteiger partial charge in [-0.2, -0.15) is 10.4 Å². The summed E-state index contributed by atoms with van der Waals surface area (Å²) < 4.78 is 1.88. The van der Waals surface area contributed by atoms with Gasteiger partial charge in [-0.05, 0) is 12.8 Å². The molecule has 1 aliphatic carbocycles. The highest BCUT2D eigenvalue weighted by molar-refractivity contribution is 5.49. The van der Waals surface area contributed by atoms with Crippen LogP contribution in [0.4, 0.5) is 5.82 Å². The Hall–Kier alpha value is -2.42. The maximum absolute atomic E-state index is 8.83. The summed E-state index contributed by atoms with van der Waals surface area (Å²) in [5.74, 6) is 1.63. The van der Waals surface area contributed by atoms with Crippen LogP contribution in [0.1, 0.15) is 36.1 Å². The van der Waals surface area contributed by atoms with E-state index in [-0.39, 0.29) is 0 Å². The van der Waals surface area contributed by atoms with E-state index >= 15 is 0 Å². The van der Waals surface area contributed by atoms with E-state index in [1.807, 2.05) is 4.68 Å². The highest BCUT2D eigenvalue weighted by Crippen LogP contribution is 2.43. The van der Waals surface area contributed by atoms with Gasteiger partial charge in [0, 0.05) is 37.6 Å². The van der Waals surface area contributed by atoms with Crippen LogP contribution in [0.15, 0.2) is 24.8 Å². The summed E-state index contributed by atoms with van der Waals surface area (Å²) in [6.45, 7) is 1.76. The molecule has 2 aromatic heterocycles. The highest BCUT2D eigenvalue weighted by atomic mass is 15.4. The Balaban J connectivity index is 1.50. The quantitative estimate of drug-likeness (QED) is 0.841. The first kappa shape index (κ1) is 11.4. The van der Waals surface area contributed by atoms with Crippen LogP contribution in [0.5, 0.6) is 0 Å². The van der Waals surface area contributed by atoms with Gasteiger partial charge in [0.1, 0.15) is 6.07 Å². The zero-order chi connectivity index (χ0) is 13.5. The summed E-state index contributed by atoms with van der Waals surface area (Å²) in [7, 11) is 0. The lowest BCUT2D eigenvalue weighted by atomic mass is 10.1. The molecule has 0 aromatic carbocycles. The molecule has 0 N–H and O–H groups in total. The second-order valence-electron chi connectivity index (χ2n) is 5.42. The number of nitrogens with zero attached hydrogens (tertiary/aromatic N) is 6. The Morgan fingerprint density at radius 1 is 1.20 bits per heavy atom. The standard InChI is InChI=1S/C14H14N6/c15-5-10-6-18-20(7-10)12-8-19(9-12)14-13(11-1-2-11)16-3-4-17-14/h3-4,6-7,11-12H,1-2,8-9H2. The van der Waals surface area contributed by atoms with Gasteiger partial charge < -0.3 is 4.90 Å². The molecule has 20 heavy (non-hydrogen) atoms. The smallest absolute Gasteiger partial charge is 0.150 e. The first-order valence-electron chi connectivity index (χ1n) is 6.85. The molecule has 3 heterocycles. The molecule has 0 radical (unpaired) electrons. The van der Waals surface area contributed by atoms with Crippen molar-refractivity contribution in [2.24, 2.45) is 0 Å². The molecule has 1 saturated carbocycles. The molecule has 0 unspecified atom stereocenters. The molecule has 100 valence electrons. The third-order valence-electron chi connectivity index (χ3n) is 3.94. The van der Waals surface area contributed by atoms with Gasteiger partial charge in [0.15, 0.2) is 5.82 Å². The molecule has 2 aromatic rings. The molecular formula is C14H14N6. The number of aromatic nitrogens is 4. The zero-order valence-electron chi connectivity index (χ0n) is 11.0. The maximum Gasteiger partial charge on any atom is 0.150 e. The summed E-state index contributed by atoms with van der Waals surface area (Å²) in [5, 5.41) is 13.1. The van der Waals surface area contributed by atoms with Gasteiger partial charge in [-0.1, -0.05) is 0 Å². The number of anilines is 1. The molecule has 6 heteroatoms. The van der Waals surface area contributed by atoms with E-state index in [0.717, 1.165) is 24.6 Å². The number of hydrogen-bond acceptors (Lipinski definition) is 5. The third-order valence-corrected chi connectivity index (χ3v) is 3.94. The van der Waals surface area contributed by atoms with E-state index < -0.39 is 0 Å². The van der Waals surface area contributed by atoms with Crippen molar-refractivity contribution in [1.82, 2.24) is 19.7 Å². The normalized spacial score (nSPS) is 18.6. The summed E-state index contributed by atoms with van der Waals surface area (Å²) in [5.41, 5.74) is 1.76. The summed E-state index contributed by atoms with van der Waals surface area (Å²) in [6, 6.07) is 2.43. The predicted molar refractivity (Wildman–Crippen MR) is 72.2 cm³/mol. The second-order valence-corrected chi connectivity index (χ2v) is 5.42. The Morgan fingerprint density at radius 3 is 2.70 bits per heavy atom. The molecular weight excluding hydrogens is 252 g/mol. The second kappa shape index (κ2) is 4.30. The van der Waals surface area contributed by atoms with Gasteiger partial charge in [-0.25, -0.2) is 4.98 Å². The van der Waals surface area contributed by atoms with Crippen molar-refractivity contribution in [3.63, 3.8) is 0 Å². The van der Waals surface area contributed by atoms with E-state index in [4.69, 9.17) is 5.26 Å². The van der Waals surface area contributed by atoms with Crippen LogP contribution in [0.25, 0.3) is 0 Å². The average molecular weight is 266 g/mol. The van der Waals surface area contributed by atoms with Crippen LogP contribution in [-0.4, -0.2) is 32.8 Å². The zero-order valence-corrected chi connectivity index (χ0v) is 11.0. The number of rotatable bonds is 3. The van der Waals surface area contributed by atoms with E-state index in [0.29, 0.717) is 17.5 Å². The fourth-order valence-corrected chi connectivity index (χ4v) is 2.62. The molecule has 0 atom stereocenters. The van der Waals surface area contributed by atoms with Crippen molar-refractivity contribution in [1.29, 1.82) is 5.26 Å². The van der Waals surface area contributed by atoms with Crippen molar-refractivity contribution in [3.05, 3.63) is 36.0 Å². The SMILES string of the molecule is N#Cc1cnn(C2CN(c3nccnc3C3CC3)C2)c1. The average Bonchev–Trinajstić information content (AvgIpc) is 3.17. The maximum atomic E-state index is 8.83. The fourth-order valence-electron chi connectivity index (χ4n) is 2.62. The monoisotopic (exact) mass is 266 g/mol. The number of hydrogen-bond donors (Lipinski definition) is 0. The van der Waals surface area contributed by atoms with Gasteiger partial charge in [0.25, 0.3) is 0 Å². The van der Waals surface area contributed by atoms with Gasteiger partial charge in [-0.15, -0.1) is 0 Å². The highest BCUT2D eigenvalue weighted by Gasteiger charge is 2.35. The summed E-state index contributed by atoms with van der Waals surface area (Å²) in [4.78, 5) is 11.2. The van der Waals surface area contributed by atoms with E-state index in [1.54, 1.807) is 24.8 Å². The lowest BCUT2D eigenvalue weighted by Crippen LogP contribution is -2.48. The molecule has 0 bridgehead atoms. The first-order valence-corrected chi connectivity index (χ1v) is 6.85. The van der Waals surface area contributed by atoms with Crippen molar-refractivity contribution < 1.29 is 0 Å². The molecule has 1 saturated heterocycles. The lowest BCUT2D eigenvalue weighted by Gasteiger charge is -2.40. The molecule has 4 rings (SSSR count). The Morgan fingerprint density at radius 2 is 2.00 bits per heavy atom. The van der Waals surface area contributed by atoms with E-state index in [2.05, 4.69) is 26.0 Å². The van der Waals surface area contributed by atoms with Crippen LogP contribution in [0.2, 0.25) is 0 Å². The Labute approximate surface area is 116 Å². The molecule has 0 amide bonds. The van der Waals surface area contributed by atoms with Gasteiger partial charge in [-0.3, -0.25) is 9.67 Å². The summed E-state index contributed by atoms with van der Waals surface area (Å²) >= 11 is 0. The van der Waals surface area contributed by atoms with Crippen LogP contribution in [-0.2, 0) is 0 Å². The van der Waals surface area contributed by atoms with Gasteiger partial charge >= 0.3 is 0 Å². The lowest BCUT2D eigenvalue weighted by molar-refractivity contribution is 0.365. The van der Waals surface area contributed by atoms with Crippen molar-refractivity contribution in [3.8, 4) is 6.07 Å². The Bertz CT molecular complexity index is 675. The van der Waals surface area contributed by atoms with Gasteiger partial charge in [0.2, 0.25) is 0 Å². The van der Waals surface area contributed by atoms with Crippen molar-refractivity contribution in [2.45, 2.75) is 24.8 Å². The largest absolute Gasteiger partial charge is 0.351 e.